The van der Waals surface area contributed by atoms with Gasteiger partial charge in [0.05, 0.1) is 11.7 Å². The molecule has 1 saturated heterocycles. The molecule has 0 N–H and O–H groups in total. The van der Waals surface area contributed by atoms with Crippen molar-refractivity contribution >= 4 is 0 Å². The molecule has 1 atom stereocenters. The molecular formula is C16H23N5O2. The molecule has 23 heavy (non-hydrogen) atoms. The van der Waals surface area contributed by atoms with Crippen molar-refractivity contribution in [3.8, 4) is 0 Å². The van der Waals surface area contributed by atoms with Crippen LogP contribution in [0.4, 0.5) is 0 Å². The van der Waals surface area contributed by atoms with Gasteiger partial charge in [-0.1, -0.05) is 10.3 Å². The van der Waals surface area contributed by atoms with Crippen LogP contribution in [0, 0.1) is 6.92 Å². The maximum atomic E-state index is 5.47. The number of hydrogen-bond acceptors (Lipinski definition) is 7. The number of nitrogens with zero attached hydrogens (tertiary/aromatic N) is 5. The normalized spacial score (nSPS) is 21.7. The Hall–Kier alpha value is -1.73. The molecule has 7 nitrogen and oxygen atoms in total. The summed E-state index contributed by atoms with van der Waals surface area (Å²) in [5, 5.41) is 8.20. The Morgan fingerprint density at radius 1 is 1.17 bits per heavy atom. The van der Waals surface area contributed by atoms with Crippen LogP contribution in [0.1, 0.15) is 54.9 Å². The van der Waals surface area contributed by atoms with Crippen LogP contribution >= 0.6 is 0 Å². The largest absolute Gasteiger partial charge is 0.361 e. The molecule has 1 saturated carbocycles. The molecule has 0 bridgehead atoms. The molecule has 2 aromatic heterocycles. The Bertz CT molecular complexity index is 655. The van der Waals surface area contributed by atoms with Crippen LogP contribution in [-0.4, -0.2) is 51.3 Å². The van der Waals surface area contributed by atoms with Gasteiger partial charge in [0.1, 0.15) is 5.76 Å². The van der Waals surface area contributed by atoms with E-state index in [9.17, 15) is 0 Å². The Balaban J connectivity index is 1.31. The molecule has 0 amide bonds. The summed E-state index contributed by atoms with van der Waals surface area (Å²) in [6.07, 6.45) is 2.40. The molecule has 2 aliphatic rings. The molecule has 2 aromatic rings. The lowest BCUT2D eigenvalue weighted by Crippen LogP contribution is -2.46. The van der Waals surface area contributed by atoms with Gasteiger partial charge in [0.25, 0.3) is 0 Å². The monoisotopic (exact) mass is 317 g/mol. The molecule has 1 aliphatic carbocycles. The fraction of sp³-hybridized carbons (Fsp3) is 0.688. The number of rotatable bonds is 5. The molecule has 0 aromatic carbocycles. The highest BCUT2D eigenvalue weighted by molar-refractivity contribution is 5.05. The van der Waals surface area contributed by atoms with E-state index in [0.717, 1.165) is 55.9 Å². The van der Waals surface area contributed by atoms with Crippen LogP contribution in [0.25, 0.3) is 0 Å². The highest BCUT2D eigenvalue weighted by atomic mass is 16.5. The first kappa shape index (κ1) is 14.8. The fourth-order valence-electron chi connectivity index (χ4n) is 3.11. The van der Waals surface area contributed by atoms with Gasteiger partial charge in [-0.3, -0.25) is 9.80 Å². The molecule has 1 aliphatic heterocycles. The maximum absolute atomic E-state index is 5.47. The molecule has 0 radical (unpaired) electrons. The van der Waals surface area contributed by atoms with E-state index in [1.165, 1.54) is 12.8 Å². The summed E-state index contributed by atoms with van der Waals surface area (Å²) in [5.41, 5.74) is 1.01. The smallest absolute Gasteiger partial charge is 0.243 e. The van der Waals surface area contributed by atoms with Crippen LogP contribution in [0.5, 0.6) is 0 Å². The minimum Gasteiger partial charge on any atom is -0.361 e. The highest BCUT2D eigenvalue weighted by Gasteiger charge is 2.31. The van der Waals surface area contributed by atoms with Gasteiger partial charge in [0, 0.05) is 44.7 Å². The van der Waals surface area contributed by atoms with Crippen LogP contribution in [-0.2, 0) is 6.54 Å². The van der Waals surface area contributed by atoms with Crippen molar-refractivity contribution in [3.63, 3.8) is 0 Å². The van der Waals surface area contributed by atoms with E-state index in [2.05, 4.69) is 32.0 Å². The summed E-state index contributed by atoms with van der Waals surface area (Å²) in [5.74, 6) is 3.07. The van der Waals surface area contributed by atoms with Gasteiger partial charge >= 0.3 is 0 Å². The molecule has 7 heteroatoms. The maximum Gasteiger partial charge on any atom is 0.243 e. The molecule has 3 heterocycles. The lowest BCUT2D eigenvalue weighted by Gasteiger charge is -2.36. The van der Waals surface area contributed by atoms with Crippen molar-refractivity contribution in [1.29, 1.82) is 0 Å². The lowest BCUT2D eigenvalue weighted by atomic mass is 10.2. The number of hydrogen-bond donors (Lipinski definition) is 0. The summed E-state index contributed by atoms with van der Waals surface area (Å²) in [7, 11) is 0. The second-order valence-electron chi connectivity index (χ2n) is 6.68. The van der Waals surface area contributed by atoms with E-state index in [1.54, 1.807) is 0 Å². The topological polar surface area (TPSA) is 71.4 Å². The molecule has 0 spiro atoms. The second-order valence-corrected chi connectivity index (χ2v) is 6.68. The van der Waals surface area contributed by atoms with E-state index in [0.29, 0.717) is 5.92 Å². The fourth-order valence-corrected chi connectivity index (χ4v) is 3.11. The number of aromatic nitrogens is 3. The van der Waals surface area contributed by atoms with Crippen molar-refractivity contribution in [2.45, 2.75) is 45.2 Å². The first-order chi connectivity index (χ1) is 11.2. The third-order valence-corrected chi connectivity index (χ3v) is 4.77. The predicted octanol–water partition coefficient (Wildman–Crippen LogP) is 2.12. The molecular weight excluding hydrogens is 294 g/mol. The average molecular weight is 317 g/mol. The Labute approximate surface area is 135 Å². The van der Waals surface area contributed by atoms with Crippen LogP contribution in [0.15, 0.2) is 15.1 Å². The first-order valence-electron chi connectivity index (χ1n) is 8.41. The Morgan fingerprint density at radius 2 is 1.96 bits per heavy atom. The Kier molecular flexibility index (Phi) is 3.90. The van der Waals surface area contributed by atoms with Crippen molar-refractivity contribution in [2.75, 3.05) is 26.2 Å². The van der Waals surface area contributed by atoms with Gasteiger partial charge < -0.3 is 9.05 Å². The van der Waals surface area contributed by atoms with Crippen LogP contribution in [0.2, 0.25) is 0 Å². The minimum absolute atomic E-state index is 0.187. The van der Waals surface area contributed by atoms with Crippen molar-refractivity contribution < 1.29 is 9.05 Å². The van der Waals surface area contributed by atoms with Gasteiger partial charge in [0.2, 0.25) is 5.89 Å². The number of aryl methyl sites for hydroxylation is 1. The van der Waals surface area contributed by atoms with Gasteiger partial charge in [-0.05, 0) is 26.7 Å². The zero-order chi connectivity index (χ0) is 15.8. The van der Waals surface area contributed by atoms with Crippen LogP contribution in [0.3, 0.4) is 0 Å². The molecule has 2 fully saturated rings. The van der Waals surface area contributed by atoms with Crippen molar-refractivity contribution in [1.82, 2.24) is 25.1 Å². The zero-order valence-corrected chi connectivity index (χ0v) is 13.7. The van der Waals surface area contributed by atoms with E-state index in [4.69, 9.17) is 9.05 Å². The van der Waals surface area contributed by atoms with Gasteiger partial charge in [-0.2, -0.15) is 4.98 Å². The first-order valence-corrected chi connectivity index (χ1v) is 8.41. The van der Waals surface area contributed by atoms with Gasteiger partial charge in [-0.15, -0.1) is 0 Å². The summed E-state index contributed by atoms with van der Waals surface area (Å²) in [4.78, 5) is 9.40. The predicted molar refractivity (Wildman–Crippen MR) is 82.8 cm³/mol. The SMILES string of the molecule is Cc1cc(CN2CCN(C(C)c3nc(C4CC4)no3)CC2)no1. The van der Waals surface area contributed by atoms with Crippen molar-refractivity contribution in [3.05, 3.63) is 29.2 Å². The molecule has 124 valence electrons. The summed E-state index contributed by atoms with van der Waals surface area (Å²) >= 11 is 0. The van der Waals surface area contributed by atoms with Crippen LogP contribution < -0.4 is 0 Å². The Morgan fingerprint density at radius 3 is 2.61 bits per heavy atom. The van der Waals surface area contributed by atoms with E-state index in [-0.39, 0.29) is 6.04 Å². The third-order valence-electron chi connectivity index (χ3n) is 4.77. The number of piperazine rings is 1. The summed E-state index contributed by atoms with van der Waals surface area (Å²) in [6.45, 7) is 8.96. The summed E-state index contributed by atoms with van der Waals surface area (Å²) in [6, 6.07) is 2.19. The third kappa shape index (κ3) is 3.30. The summed E-state index contributed by atoms with van der Waals surface area (Å²) < 4.78 is 10.6. The minimum atomic E-state index is 0.187. The highest BCUT2D eigenvalue weighted by Crippen LogP contribution is 2.38. The average Bonchev–Trinajstić information content (AvgIpc) is 3.15. The molecule has 1 unspecified atom stereocenters. The lowest BCUT2D eigenvalue weighted by molar-refractivity contribution is 0.0833. The molecule has 4 rings (SSSR count). The van der Waals surface area contributed by atoms with Gasteiger partial charge in [0.15, 0.2) is 5.82 Å². The standard InChI is InChI=1S/C16H23N5O2/c1-11-9-14(18-22-11)10-20-5-7-21(8-6-20)12(2)16-17-15(19-23-16)13-3-4-13/h9,12-13H,3-8,10H2,1-2H3. The zero-order valence-electron chi connectivity index (χ0n) is 13.7. The van der Waals surface area contributed by atoms with E-state index in [1.807, 2.05) is 13.0 Å². The van der Waals surface area contributed by atoms with E-state index >= 15 is 0 Å². The quantitative estimate of drug-likeness (QED) is 0.836. The van der Waals surface area contributed by atoms with Gasteiger partial charge in [-0.25, -0.2) is 0 Å². The van der Waals surface area contributed by atoms with Crippen molar-refractivity contribution in [2.24, 2.45) is 0 Å². The van der Waals surface area contributed by atoms with E-state index < -0.39 is 0 Å². The second kappa shape index (κ2) is 6.05.